The highest BCUT2D eigenvalue weighted by Crippen LogP contribution is 2.32. The summed E-state index contributed by atoms with van der Waals surface area (Å²) >= 11 is 0. The molecule has 0 aromatic heterocycles. The number of esters is 2. The van der Waals surface area contributed by atoms with E-state index in [-0.39, 0.29) is 17.6 Å². The molecule has 0 fully saturated rings. The Morgan fingerprint density at radius 2 is 1.70 bits per heavy atom. The Balaban J connectivity index is 3.21. The fourth-order valence-corrected chi connectivity index (χ4v) is 2.41. The molecular weight excluding hydrogens is 304 g/mol. The summed E-state index contributed by atoms with van der Waals surface area (Å²) in [4.78, 5) is 36.1. The summed E-state index contributed by atoms with van der Waals surface area (Å²) in [6.07, 6.45) is 0.285. The van der Waals surface area contributed by atoms with Gasteiger partial charge < -0.3 is 19.9 Å². The molecule has 1 aliphatic rings. The average molecular weight is 328 g/mol. The highest BCUT2D eigenvalue weighted by Gasteiger charge is 2.43. The van der Waals surface area contributed by atoms with Gasteiger partial charge in [-0.1, -0.05) is 0 Å². The van der Waals surface area contributed by atoms with Crippen LogP contribution in [0.5, 0.6) is 0 Å². The van der Waals surface area contributed by atoms with Crippen molar-refractivity contribution in [3.8, 4) is 0 Å². The molecule has 23 heavy (non-hydrogen) atoms. The second-order valence-corrected chi connectivity index (χ2v) is 6.29. The van der Waals surface area contributed by atoms with Crippen molar-refractivity contribution in [1.29, 1.82) is 0 Å². The van der Waals surface area contributed by atoms with Crippen molar-refractivity contribution in [3.63, 3.8) is 0 Å². The van der Waals surface area contributed by atoms with E-state index in [4.69, 9.17) is 15.2 Å². The summed E-state index contributed by atoms with van der Waals surface area (Å²) in [7, 11) is 2.38. The summed E-state index contributed by atoms with van der Waals surface area (Å²) in [6, 6.07) is 0. The first kappa shape index (κ1) is 19.0. The van der Waals surface area contributed by atoms with Crippen molar-refractivity contribution in [2.45, 2.75) is 51.3 Å². The highest BCUT2D eigenvalue weighted by atomic mass is 16.6. The molecule has 0 saturated carbocycles. The molecule has 1 amide bonds. The third kappa shape index (κ3) is 4.69. The maximum atomic E-state index is 12.1. The van der Waals surface area contributed by atoms with Crippen LogP contribution in [0.2, 0.25) is 0 Å². The van der Waals surface area contributed by atoms with E-state index < -0.39 is 29.3 Å². The van der Waals surface area contributed by atoms with E-state index in [9.17, 15) is 14.4 Å². The molecule has 0 aliphatic heterocycles. The first-order valence-electron chi connectivity index (χ1n) is 7.24. The van der Waals surface area contributed by atoms with E-state index >= 15 is 0 Å². The van der Waals surface area contributed by atoms with Gasteiger partial charge in [0.1, 0.15) is 11.3 Å². The van der Waals surface area contributed by atoms with Crippen LogP contribution < -0.4 is 11.1 Å². The number of ether oxygens (including phenoxy) is 3. The standard InChI is InChI=1S/C15H24N2O6/c1-14(2,3)23-13(20)17-15(16)8-6-7-9(11(18)21-4)10(15)12(19)22-5/h6-8,16H2,1-5H3,(H,17,20). The number of hydrogen-bond acceptors (Lipinski definition) is 7. The number of hydrogen-bond donors (Lipinski definition) is 2. The lowest BCUT2D eigenvalue weighted by Gasteiger charge is -2.36. The van der Waals surface area contributed by atoms with E-state index in [2.05, 4.69) is 10.1 Å². The Hall–Kier alpha value is -2.09. The van der Waals surface area contributed by atoms with Crippen molar-refractivity contribution in [2.75, 3.05) is 14.2 Å². The second-order valence-electron chi connectivity index (χ2n) is 6.29. The lowest BCUT2D eigenvalue weighted by Crippen LogP contribution is -2.61. The lowest BCUT2D eigenvalue weighted by molar-refractivity contribution is -0.140. The minimum absolute atomic E-state index is 0.101. The zero-order valence-electron chi connectivity index (χ0n) is 14.1. The van der Waals surface area contributed by atoms with Crippen LogP contribution in [0.4, 0.5) is 4.79 Å². The van der Waals surface area contributed by atoms with E-state index in [1.54, 1.807) is 20.8 Å². The average Bonchev–Trinajstić information content (AvgIpc) is 2.42. The molecule has 130 valence electrons. The number of carbonyl (C=O) groups excluding carboxylic acids is 3. The van der Waals surface area contributed by atoms with E-state index in [1.807, 2.05) is 0 Å². The number of nitrogens with two attached hydrogens (primary N) is 1. The molecule has 0 spiro atoms. The van der Waals surface area contributed by atoms with Crippen molar-refractivity contribution < 1.29 is 28.6 Å². The minimum atomic E-state index is -1.56. The van der Waals surface area contributed by atoms with Crippen molar-refractivity contribution in [2.24, 2.45) is 5.73 Å². The molecule has 0 aromatic rings. The molecule has 1 rings (SSSR count). The van der Waals surface area contributed by atoms with E-state index in [0.29, 0.717) is 12.8 Å². The normalized spacial score (nSPS) is 21.5. The van der Waals surface area contributed by atoms with Gasteiger partial charge in [-0.3, -0.25) is 5.32 Å². The van der Waals surface area contributed by atoms with E-state index in [0.717, 1.165) is 0 Å². The van der Waals surface area contributed by atoms with Crippen LogP contribution >= 0.6 is 0 Å². The van der Waals surface area contributed by atoms with Gasteiger partial charge in [-0.2, -0.15) is 0 Å². The Bertz CT molecular complexity index is 535. The molecule has 0 saturated heterocycles. The molecule has 8 nitrogen and oxygen atoms in total. The Kier molecular flexibility index (Phi) is 5.76. The van der Waals surface area contributed by atoms with Crippen LogP contribution in [-0.2, 0) is 23.8 Å². The number of carbonyl (C=O) groups is 3. The molecule has 0 radical (unpaired) electrons. The number of methoxy groups -OCH3 is 2. The van der Waals surface area contributed by atoms with Crippen LogP contribution in [-0.4, -0.2) is 43.5 Å². The molecule has 0 bridgehead atoms. The number of amides is 1. The largest absolute Gasteiger partial charge is 0.466 e. The molecule has 3 N–H and O–H groups in total. The van der Waals surface area contributed by atoms with Gasteiger partial charge in [-0.05, 0) is 40.0 Å². The van der Waals surface area contributed by atoms with Gasteiger partial charge in [0.05, 0.1) is 25.4 Å². The molecule has 8 heteroatoms. The number of rotatable bonds is 3. The first-order valence-corrected chi connectivity index (χ1v) is 7.24. The van der Waals surface area contributed by atoms with Crippen molar-refractivity contribution in [3.05, 3.63) is 11.1 Å². The van der Waals surface area contributed by atoms with E-state index in [1.165, 1.54) is 14.2 Å². The van der Waals surface area contributed by atoms with Crippen molar-refractivity contribution in [1.82, 2.24) is 5.32 Å². The predicted molar refractivity (Wildman–Crippen MR) is 81.2 cm³/mol. The number of alkyl carbamates (subject to hydrolysis) is 1. The minimum Gasteiger partial charge on any atom is -0.466 e. The molecule has 0 heterocycles. The van der Waals surface area contributed by atoms with Crippen LogP contribution in [0, 0.1) is 0 Å². The van der Waals surface area contributed by atoms with Crippen LogP contribution in [0.15, 0.2) is 11.1 Å². The zero-order valence-corrected chi connectivity index (χ0v) is 14.1. The van der Waals surface area contributed by atoms with Gasteiger partial charge in [0.15, 0.2) is 0 Å². The fraction of sp³-hybridized carbons (Fsp3) is 0.667. The monoisotopic (exact) mass is 328 g/mol. The third-order valence-corrected chi connectivity index (χ3v) is 3.29. The maximum Gasteiger partial charge on any atom is 0.409 e. The van der Waals surface area contributed by atoms with Crippen LogP contribution in [0.3, 0.4) is 0 Å². The molecule has 1 unspecified atom stereocenters. The van der Waals surface area contributed by atoms with Gasteiger partial charge in [-0.15, -0.1) is 0 Å². The SMILES string of the molecule is COC(=O)C1=C(C(=O)OC)C(N)(NC(=O)OC(C)(C)C)CCC1. The van der Waals surface area contributed by atoms with Gasteiger partial charge in [0, 0.05) is 0 Å². The third-order valence-electron chi connectivity index (χ3n) is 3.29. The molecular formula is C15H24N2O6. The Morgan fingerprint density at radius 3 is 2.17 bits per heavy atom. The number of nitrogens with one attached hydrogen (secondary N) is 1. The first-order chi connectivity index (χ1) is 10.5. The fourth-order valence-electron chi connectivity index (χ4n) is 2.41. The maximum absolute atomic E-state index is 12.1. The Morgan fingerprint density at radius 1 is 1.13 bits per heavy atom. The van der Waals surface area contributed by atoms with Gasteiger partial charge in [-0.25, -0.2) is 14.4 Å². The summed E-state index contributed by atoms with van der Waals surface area (Å²) < 4.78 is 14.6. The van der Waals surface area contributed by atoms with Gasteiger partial charge in [0.2, 0.25) is 0 Å². The Labute approximate surface area is 135 Å². The second kappa shape index (κ2) is 6.99. The zero-order chi connectivity index (χ0) is 17.8. The topological polar surface area (TPSA) is 117 Å². The van der Waals surface area contributed by atoms with Gasteiger partial charge in [0.25, 0.3) is 0 Å². The summed E-state index contributed by atoms with van der Waals surface area (Å²) in [6.45, 7) is 5.11. The quantitative estimate of drug-likeness (QED) is 0.451. The summed E-state index contributed by atoms with van der Waals surface area (Å²) in [5.74, 6) is -1.46. The van der Waals surface area contributed by atoms with Crippen LogP contribution in [0.25, 0.3) is 0 Å². The van der Waals surface area contributed by atoms with Gasteiger partial charge >= 0.3 is 18.0 Å². The molecule has 0 aromatic carbocycles. The molecule has 1 atom stereocenters. The van der Waals surface area contributed by atoms with Crippen molar-refractivity contribution >= 4 is 18.0 Å². The predicted octanol–water partition coefficient (Wildman–Crippen LogP) is 0.993. The smallest absolute Gasteiger partial charge is 0.409 e. The molecule has 1 aliphatic carbocycles. The summed E-state index contributed by atoms with van der Waals surface area (Å²) in [5, 5.41) is 2.48. The lowest BCUT2D eigenvalue weighted by atomic mass is 9.82. The van der Waals surface area contributed by atoms with Crippen LogP contribution in [0.1, 0.15) is 40.0 Å². The summed E-state index contributed by atoms with van der Waals surface area (Å²) in [5.41, 5.74) is 3.91. The highest BCUT2D eigenvalue weighted by molar-refractivity contribution is 6.02.